The molecular weight excluding hydrogens is 1270 g/mol. The molecular formula is C49H36BrF12N7O11S3. The largest absolute Gasteiger partial charge is 0.573 e. The monoisotopic (exact) mass is 1300 g/mol. The van der Waals surface area contributed by atoms with E-state index in [0.717, 1.165) is 40.5 Å². The number of hydrogen-bond donors (Lipinski definition) is 1. The van der Waals surface area contributed by atoms with Crippen LogP contribution in [0, 0.1) is 10.1 Å². The second-order valence-electron chi connectivity index (χ2n) is 15.9. The minimum Gasteiger partial charge on any atom is -0.461 e. The van der Waals surface area contributed by atoms with Gasteiger partial charge in [-0.2, -0.15) is 0 Å². The van der Waals surface area contributed by atoms with E-state index < -0.39 is 42.2 Å². The number of hydrogen-bond acceptors (Lipinski definition) is 18. The van der Waals surface area contributed by atoms with Crippen molar-refractivity contribution < 1.29 is 100 Å². The standard InChI is InChI=1S/C17H13F3N4O5S.C13H10F3NO3S.C11H7BrF3NOS.C8H6F3NO2/c18-17(19,20)29-12-3-1-10(2-4-12)15-21-11(9-30-15)7-27-13-5-23-6-14(24(25)26)22-16(23)28-8-13;1-2-19-12(18)10-7-21-11(17-10)8-3-5-9(6-4-8)20-13(14,15)16;12-5-8-6-18-10(16-8)7-1-3-9(4-2-7)17-11(13,14)15;9-8(10,11)14-6-3-1-5(2-4-6)7(12)13/h1-4,6,9,13H,5,7-8H2;3-7H,2H2,1H3;1-4,6H,5H2;1-4H,(H2,12,13)/t13-;;;/m0.../s1. The molecule has 4 aromatic carbocycles. The molecule has 5 heterocycles. The molecule has 1 atom stereocenters. The molecule has 442 valence electrons. The van der Waals surface area contributed by atoms with Crippen molar-refractivity contribution in [2.75, 3.05) is 13.2 Å². The second-order valence-corrected chi connectivity index (χ2v) is 19.0. The highest BCUT2D eigenvalue weighted by molar-refractivity contribution is 9.08. The number of carbonyl (C=O) groups excluding carboxylic acids is 2. The van der Waals surface area contributed by atoms with Crippen LogP contribution in [0.15, 0.2) is 119 Å². The van der Waals surface area contributed by atoms with Crippen LogP contribution in [0.5, 0.6) is 29.0 Å². The third kappa shape index (κ3) is 21.3. The van der Waals surface area contributed by atoms with Crippen molar-refractivity contribution in [3.8, 4) is 60.7 Å². The van der Waals surface area contributed by atoms with Crippen LogP contribution in [0.1, 0.15) is 39.2 Å². The highest BCUT2D eigenvalue weighted by atomic mass is 79.9. The second kappa shape index (κ2) is 28.3. The normalized spacial score (nSPS) is 13.0. The Morgan fingerprint density at radius 3 is 1.46 bits per heavy atom. The number of nitrogens with zero attached hydrogens (tertiary/aromatic N) is 6. The van der Waals surface area contributed by atoms with Crippen molar-refractivity contribution in [3.05, 3.63) is 152 Å². The number of primary amides is 1. The fourth-order valence-electron chi connectivity index (χ4n) is 6.39. The lowest BCUT2D eigenvalue weighted by atomic mass is 10.2. The zero-order valence-corrected chi connectivity index (χ0v) is 45.6. The molecule has 1 aliphatic heterocycles. The van der Waals surface area contributed by atoms with E-state index in [1.807, 2.05) is 5.38 Å². The van der Waals surface area contributed by atoms with Crippen molar-refractivity contribution in [2.45, 2.75) is 57.0 Å². The van der Waals surface area contributed by atoms with E-state index in [0.29, 0.717) is 38.7 Å². The molecule has 0 spiro atoms. The van der Waals surface area contributed by atoms with Crippen LogP contribution < -0.4 is 29.4 Å². The van der Waals surface area contributed by atoms with Crippen LogP contribution in [0.2, 0.25) is 0 Å². The first-order valence-corrected chi connectivity index (χ1v) is 26.6. The van der Waals surface area contributed by atoms with E-state index in [9.17, 15) is 72.4 Å². The fourth-order valence-corrected chi connectivity index (χ4v) is 9.33. The SMILES string of the molecule is CCOC(=O)c1csc(-c2ccc(OC(F)(F)F)cc2)n1.FC(F)(F)Oc1ccc(-c2nc(CBr)cs2)cc1.NC(=O)c1ccc(OC(F)(F)F)cc1.O=[N+]([O-])c1cn2c(n1)OC[C@@H](OCc1csc(-c3ccc(OC(F)(F)F)cc3)n1)C2. The quantitative estimate of drug-likeness (QED) is 0.0331. The third-order valence-corrected chi connectivity index (χ3v) is 13.1. The van der Waals surface area contributed by atoms with Crippen molar-refractivity contribution in [2.24, 2.45) is 5.73 Å². The number of carbonyl (C=O) groups is 2. The number of halogens is 13. The lowest BCUT2D eigenvalue weighted by Crippen LogP contribution is -2.32. The van der Waals surface area contributed by atoms with Crippen molar-refractivity contribution in [1.82, 2.24) is 24.5 Å². The Bertz CT molecular complexity index is 3400. The summed E-state index contributed by atoms with van der Waals surface area (Å²) >= 11 is 7.26. The number of imidazole rings is 1. The van der Waals surface area contributed by atoms with Gasteiger partial charge in [0.1, 0.15) is 56.9 Å². The Morgan fingerprint density at radius 2 is 1.06 bits per heavy atom. The summed E-state index contributed by atoms with van der Waals surface area (Å²) in [5.41, 5.74) is 8.73. The zero-order valence-electron chi connectivity index (χ0n) is 41.5. The number of fused-ring (bicyclic) bond motifs is 1. The van der Waals surface area contributed by atoms with E-state index in [-0.39, 0.29) is 72.0 Å². The molecule has 0 saturated carbocycles. The lowest BCUT2D eigenvalue weighted by molar-refractivity contribution is -0.389. The number of thiazole rings is 3. The minimum atomic E-state index is -4.74. The highest BCUT2D eigenvalue weighted by Gasteiger charge is 2.34. The molecule has 8 aromatic rings. The summed E-state index contributed by atoms with van der Waals surface area (Å²) in [7, 11) is 0. The van der Waals surface area contributed by atoms with Gasteiger partial charge in [-0.05, 0) is 109 Å². The van der Waals surface area contributed by atoms with Gasteiger partial charge in [0.2, 0.25) is 5.91 Å². The number of aromatic nitrogens is 5. The maximum atomic E-state index is 12.2. The first kappa shape index (κ1) is 64.1. The molecule has 2 N–H and O–H groups in total. The average Bonchev–Trinajstić information content (AvgIpc) is 4.33. The summed E-state index contributed by atoms with van der Waals surface area (Å²) in [5, 5.41) is 18.6. The molecule has 9 rings (SSSR count). The molecule has 1 amide bonds. The number of amides is 1. The van der Waals surface area contributed by atoms with Crippen molar-refractivity contribution in [3.63, 3.8) is 0 Å². The van der Waals surface area contributed by atoms with Gasteiger partial charge < -0.3 is 49.0 Å². The van der Waals surface area contributed by atoms with Crippen LogP contribution in [0.25, 0.3) is 31.7 Å². The molecule has 34 heteroatoms. The fraction of sp³-hybridized carbons (Fsp3) is 0.224. The summed E-state index contributed by atoms with van der Waals surface area (Å²) in [6.45, 7) is 2.67. The summed E-state index contributed by atoms with van der Waals surface area (Å²) in [5.74, 6) is -2.76. The number of nitro groups is 1. The van der Waals surface area contributed by atoms with E-state index in [2.05, 4.69) is 54.8 Å². The average molecular weight is 1300 g/mol. The molecule has 83 heavy (non-hydrogen) atoms. The van der Waals surface area contributed by atoms with Crippen LogP contribution in [-0.4, -0.2) is 86.1 Å². The molecule has 0 unspecified atom stereocenters. The van der Waals surface area contributed by atoms with Crippen LogP contribution in [0.3, 0.4) is 0 Å². The lowest BCUT2D eigenvalue weighted by Gasteiger charge is -2.21. The molecule has 1 aliphatic rings. The van der Waals surface area contributed by atoms with Gasteiger partial charge in [-0.15, -0.1) is 86.7 Å². The Morgan fingerprint density at radius 1 is 0.651 bits per heavy atom. The third-order valence-electron chi connectivity index (χ3n) is 9.79. The number of nitrogens with two attached hydrogens (primary N) is 1. The van der Waals surface area contributed by atoms with Crippen molar-refractivity contribution >= 4 is 67.6 Å². The number of rotatable bonds is 15. The predicted molar refractivity (Wildman–Crippen MR) is 276 cm³/mol. The van der Waals surface area contributed by atoms with Gasteiger partial charge in [0.25, 0.3) is 0 Å². The molecule has 0 bridgehead atoms. The van der Waals surface area contributed by atoms with Gasteiger partial charge in [0.15, 0.2) is 5.69 Å². The molecule has 0 saturated heterocycles. The van der Waals surface area contributed by atoms with E-state index in [1.165, 1.54) is 111 Å². The Kier molecular flexibility index (Phi) is 21.8. The van der Waals surface area contributed by atoms with Gasteiger partial charge in [-0.3, -0.25) is 9.36 Å². The number of benzene rings is 4. The maximum absolute atomic E-state index is 12.2. The van der Waals surface area contributed by atoms with Gasteiger partial charge >= 0.3 is 43.2 Å². The topological polar surface area (TPSA) is 224 Å². The van der Waals surface area contributed by atoms with E-state index in [4.69, 9.17) is 19.9 Å². The summed E-state index contributed by atoms with van der Waals surface area (Å²) in [6.07, 6.45) is -17.9. The first-order valence-electron chi connectivity index (χ1n) is 22.8. The number of ether oxygens (including phenoxy) is 7. The van der Waals surface area contributed by atoms with E-state index in [1.54, 1.807) is 24.4 Å². The minimum absolute atomic E-state index is 0.125. The Labute approximate surface area is 479 Å². The smallest absolute Gasteiger partial charge is 0.461 e. The van der Waals surface area contributed by atoms with E-state index >= 15 is 0 Å². The Balaban J connectivity index is 0.000000185. The molecule has 18 nitrogen and oxygen atoms in total. The number of alkyl halides is 13. The molecule has 4 aromatic heterocycles. The van der Waals surface area contributed by atoms with Gasteiger partial charge in [-0.25, -0.2) is 19.7 Å². The Hall–Kier alpha value is -8.08. The summed E-state index contributed by atoms with van der Waals surface area (Å²) in [4.78, 5) is 48.8. The van der Waals surface area contributed by atoms with Gasteiger partial charge in [-0.1, -0.05) is 15.9 Å². The summed E-state index contributed by atoms with van der Waals surface area (Å²) in [6, 6.07) is 20.9. The van der Waals surface area contributed by atoms with Crippen LogP contribution >= 0.6 is 49.9 Å². The van der Waals surface area contributed by atoms with Crippen LogP contribution in [0.4, 0.5) is 58.5 Å². The van der Waals surface area contributed by atoms with Crippen LogP contribution in [-0.2, 0) is 28.0 Å². The van der Waals surface area contributed by atoms with Gasteiger partial charge in [0, 0.05) is 48.7 Å². The molecule has 0 fully saturated rings. The summed E-state index contributed by atoms with van der Waals surface area (Å²) < 4.78 is 176. The van der Waals surface area contributed by atoms with Crippen molar-refractivity contribution in [1.29, 1.82) is 0 Å². The first-order chi connectivity index (χ1) is 39.0. The van der Waals surface area contributed by atoms with Gasteiger partial charge in [0.05, 0.1) is 31.1 Å². The number of esters is 1. The predicted octanol–water partition coefficient (Wildman–Crippen LogP) is 14.0. The zero-order chi connectivity index (χ0) is 60.7. The molecule has 0 aliphatic carbocycles. The maximum Gasteiger partial charge on any atom is 0.573 e. The molecule has 0 radical (unpaired) electrons. The highest BCUT2D eigenvalue weighted by Crippen LogP contribution is 2.33.